The van der Waals surface area contributed by atoms with Crippen molar-refractivity contribution in [2.75, 3.05) is 18.5 Å². The molecule has 1 aliphatic heterocycles. The van der Waals surface area contributed by atoms with E-state index >= 15 is 0 Å². The Labute approximate surface area is 127 Å². The first-order valence-electron chi connectivity index (χ1n) is 7.89. The van der Waals surface area contributed by atoms with Gasteiger partial charge in [0.1, 0.15) is 12.4 Å². The van der Waals surface area contributed by atoms with E-state index in [0.29, 0.717) is 25.0 Å². The molecular formula is C17H26N2O2. The van der Waals surface area contributed by atoms with Gasteiger partial charge in [-0.2, -0.15) is 0 Å². The van der Waals surface area contributed by atoms with Gasteiger partial charge in [0.25, 0.3) is 0 Å². The van der Waals surface area contributed by atoms with E-state index < -0.39 is 0 Å². The van der Waals surface area contributed by atoms with Crippen LogP contribution in [0, 0.1) is 5.92 Å². The Balaban J connectivity index is 1.95. The number of anilines is 1. The van der Waals surface area contributed by atoms with Gasteiger partial charge in [0.2, 0.25) is 5.91 Å². The molecule has 0 saturated heterocycles. The van der Waals surface area contributed by atoms with Crippen molar-refractivity contribution in [1.82, 2.24) is 5.32 Å². The molecule has 0 saturated carbocycles. The molecule has 0 spiro atoms. The molecule has 0 fully saturated rings. The first kappa shape index (κ1) is 15.8. The number of nitrogens with one attached hydrogen (secondary N) is 2. The van der Waals surface area contributed by atoms with Gasteiger partial charge in [-0.1, -0.05) is 20.8 Å². The molecule has 0 aliphatic carbocycles. The summed E-state index contributed by atoms with van der Waals surface area (Å²) in [4.78, 5) is 11.4. The predicted molar refractivity (Wildman–Crippen MR) is 85.8 cm³/mol. The quantitative estimate of drug-likeness (QED) is 0.811. The molecule has 1 heterocycles. The van der Waals surface area contributed by atoms with Crippen LogP contribution in [0.25, 0.3) is 0 Å². The fraction of sp³-hybridized carbons (Fsp3) is 0.588. The zero-order valence-electron chi connectivity index (χ0n) is 13.2. The van der Waals surface area contributed by atoms with Crippen molar-refractivity contribution in [2.45, 2.75) is 46.1 Å². The second-order valence-electron chi connectivity index (χ2n) is 5.98. The SMILES string of the molecule is CCCNC(COc1ccc2c(c1)CCC(=O)N2)C(C)C. The summed E-state index contributed by atoms with van der Waals surface area (Å²) in [5, 5.41) is 6.42. The number of amides is 1. The van der Waals surface area contributed by atoms with E-state index in [9.17, 15) is 4.79 Å². The summed E-state index contributed by atoms with van der Waals surface area (Å²) in [7, 11) is 0. The van der Waals surface area contributed by atoms with Crippen LogP contribution < -0.4 is 15.4 Å². The van der Waals surface area contributed by atoms with Crippen LogP contribution in [-0.2, 0) is 11.2 Å². The molecule has 1 amide bonds. The van der Waals surface area contributed by atoms with E-state index in [1.165, 1.54) is 0 Å². The fourth-order valence-electron chi connectivity index (χ4n) is 2.45. The average Bonchev–Trinajstić information content (AvgIpc) is 2.47. The first-order valence-corrected chi connectivity index (χ1v) is 7.89. The van der Waals surface area contributed by atoms with Crippen molar-refractivity contribution < 1.29 is 9.53 Å². The average molecular weight is 290 g/mol. The van der Waals surface area contributed by atoms with Crippen LogP contribution in [0.5, 0.6) is 5.75 Å². The standard InChI is InChI=1S/C17H26N2O2/c1-4-9-18-16(12(2)3)11-21-14-6-7-15-13(10-14)5-8-17(20)19-15/h6-7,10,12,16,18H,4-5,8-9,11H2,1-3H3,(H,19,20). The van der Waals surface area contributed by atoms with Gasteiger partial charge in [0.05, 0.1) is 0 Å². The first-order chi connectivity index (χ1) is 10.1. The van der Waals surface area contributed by atoms with E-state index in [0.717, 1.165) is 36.4 Å². The van der Waals surface area contributed by atoms with Crippen LogP contribution in [-0.4, -0.2) is 25.1 Å². The van der Waals surface area contributed by atoms with Gasteiger partial charge < -0.3 is 15.4 Å². The molecule has 4 nitrogen and oxygen atoms in total. The number of hydrogen-bond donors (Lipinski definition) is 2. The second-order valence-corrected chi connectivity index (χ2v) is 5.98. The van der Waals surface area contributed by atoms with E-state index in [1.54, 1.807) is 0 Å². The summed E-state index contributed by atoms with van der Waals surface area (Å²) >= 11 is 0. The van der Waals surface area contributed by atoms with E-state index in [1.807, 2.05) is 18.2 Å². The summed E-state index contributed by atoms with van der Waals surface area (Å²) in [6.07, 6.45) is 2.48. The minimum Gasteiger partial charge on any atom is -0.492 e. The highest BCUT2D eigenvalue weighted by atomic mass is 16.5. The smallest absolute Gasteiger partial charge is 0.224 e. The van der Waals surface area contributed by atoms with Crippen LogP contribution in [0.15, 0.2) is 18.2 Å². The Kier molecular flexibility index (Phi) is 5.62. The summed E-state index contributed by atoms with van der Waals surface area (Å²) < 4.78 is 5.94. The molecule has 1 aliphatic rings. The monoisotopic (exact) mass is 290 g/mol. The van der Waals surface area contributed by atoms with Gasteiger partial charge in [-0.25, -0.2) is 0 Å². The zero-order chi connectivity index (χ0) is 15.2. The Bertz CT molecular complexity index is 486. The molecule has 0 aromatic heterocycles. The van der Waals surface area contributed by atoms with Crippen molar-refractivity contribution in [2.24, 2.45) is 5.92 Å². The number of fused-ring (bicyclic) bond motifs is 1. The third kappa shape index (κ3) is 4.46. The lowest BCUT2D eigenvalue weighted by atomic mass is 10.0. The fourth-order valence-corrected chi connectivity index (χ4v) is 2.45. The zero-order valence-corrected chi connectivity index (χ0v) is 13.2. The molecule has 0 radical (unpaired) electrons. The number of benzene rings is 1. The predicted octanol–water partition coefficient (Wildman–Crippen LogP) is 2.97. The van der Waals surface area contributed by atoms with Gasteiger partial charge in [0, 0.05) is 18.2 Å². The Hall–Kier alpha value is -1.55. The molecule has 4 heteroatoms. The molecule has 0 bridgehead atoms. The van der Waals surface area contributed by atoms with Crippen LogP contribution in [0.3, 0.4) is 0 Å². The topological polar surface area (TPSA) is 50.4 Å². The Morgan fingerprint density at radius 2 is 2.14 bits per heavy atom. The summed E-state index contributed by atoms with van der Waals surface area (Å²) in [6, 6.07) is 6.28. The number of carbonyl (C=O) groups excluding carboxylic acids is 1. The molecule has 1 aromatic carbocycles. The minimum absolute atomic E-state index is 0.0970. The van der Waals surface area contributed by atoms with Crippen molar-refractivity contribution in [3.63, 3.8) is 0 Å². The van der Waals surface area contributed by atoms with E-state index in [2.05, 4.69) is 31.4 Å². The van der Waals surface area contributed by atoms with Crippen LogP contribution in [0.1, 0.15) is 39.2 Å². The molecule has 1 unspecified atom stereocenters. The largest absolute Gasteiger partial charge is 0.492 e. The molecular weight excluding hydrogens is 264 g/mol. The van der Waals surface area contributed by atoms with Crippen molar-refractivity contribution in [1.29, 1.82) is 0 Å². The highest BCUT2D eigenvalue weighted by molar-refractivity contribution is 5.93. The van der Waals surface area contributed by atoms with E-state index in [4.69, 9.17) is 4.74 Å². The highest BCUT2D eigenvalue weighted by Gasteiger charge is 2.16. The lowest BCUT2D eigenvalue weighted by Crippen LogP contribution is -2.39. The minimum atomic E-state index is 0.0970. The summed E-state index contributed by atoms with van der Waals surface area (Å²) in [5.41, 5.74) is 2.08. The summed E-state index contributed by atoms with van der Waals surface area (Å²) in [5.74, 6) is 1.52. The maximum absolute atomic E-state index is 11.4. The molecule has 2 N–H and O–H groups in total. The lowest BCUT2D eigenvalue weighted by Gasteiger charge is -2.23. The van der Waals surface area contributed by atoms with Crippen molar-refractivity contribution >= 4 is 11.6 Å². The number of aryl methyl sites for hydroxylation is 1. The number of carbonyl (C=O) groups is 1. The van der Waals surface area contributed by atoms with Crippen LogP contribution >= 0.6 is 0 Å². The Morgan fingerprint density at radius 3 is 2.86 bits per heavy atom. The second kappa shape index (κ2) is 7.46. The summed E-state index contributed by atoms with van der Waals surface area (Å²) in [6.45, 7) is 8.27. The molecule has 1 aromatic rings. The van der Waals surface area contributed by atoms with Gasteiger partial charge in [-0.05, 0) is 49.1 Å². The van der Waals surface area contributed by atoms with Crippen molar-refractivity contribution in [3.05, 3.63) is 23.8 Å². The maximum Gasteiger partial charge on any atom is 0.224 e. The molecule has 2 rings (SSSR count). The maximum atomic E-state index is 11.4. The Morgan fingerprint density at radius 1 is 1.33 bits per heavy atom. The van der Waals surface area contributed by atoms with Gasteiger partial charge >= 0.3 is 0 Å². The van der Waals surface area contributed by atoms with Crippen LogP contribution in [0.4, 0.5) is 5.69 Å². The normalized spacial score (nSPS) is 15.5. The van der Waals surface area contributed by atoms with Gasteiger partial charge in [-0.15, -0.1) is 0 Å². The molecule has 116 valence electrons. The van der Waals surface area contributed by atoms with Gasteiger partial charge in [-0.3, -0.25) is 4.79 Å². The van der Waals surface area contributed by atoms with Gasteiger partial charge in [0.15, 0.2) is 0 Å². The third-order valence-corrected chi connectivity index (χ3v) is 3.86. The van der Waals surface area contributed by atoms with E-state index in [-0.39, 0.29) is 5.91 Å². The third-order valence-electron chi connectivity index (χ3n) is 3.86. The molecule has 1 atom stereocenters. The highest BCUT2D eigenvalue weighted by Crippen LogP contribution is 2.27. The number of rotatable bonds is 7. The number of hydrogen-bond acceptors (Lipinski definition) is 3. The lowest BCUT2D eigenvalue weighted by molar-refractivity contribution is -0.116. The molecule has 21 heavy (non-hydrogen) atoms. The number of ether oxygens (including phenoxy) is 1. The van der Waals surface area contributed by atoms with Crippen LogP contribution in [0.2, 0.25) is 0 Å². The van der Waals surface area contributed by atoms with Crippen molar-refractivity contribution in [3.8, 4) is 5.75 Å².